The van der Waals surface area contributed by atoms with Gasteiger partial charge in [0.15, 0.2) is 0 Å². The minimum absolute atomic E-state index is 0.246. The number of aromatic nitrogens is 2. The molecule has 1 atom stereocenters. The van der Waals surface area contributed by atoms with E-state index in [0.717, 1.165) is 42.8 Å². The van der Waals surface area contributed by atoms with Crippen LogP contribution in [0.3, 0.4) is 0 Å². The van der Waals surface area contributed by atoms with E-state index in [4.69, 9.17) is 4.74 Å². The van der Waals surface area contributed by atoms with E-state index < -0.39 is 0 Å². The summed E-state index contributed by atoms with van der Waals surface area (Å²) in [5, 5.41) is 8.11. The van der Waals surface area contributed by atoms with Crippen molar-refractivity contribution < 1.29 is 4.74 Å². The first-order chi connectivity index (χ1) is 9.81. The van der Waals surface area contributed by atoms with Crippen molar-refractivity contribution in [3.63, 3.8) is 0 Å². The number of hydrogen-bond donors (Lipinski definition) is 1. The second-order valence-electron chi connectivity index (χ2n) is 6.63. The highest BCUT2D eigenvalue weighted by atomic mass is 79.9. The molecule has 1 aromatic heterocycles. The molecule has 1 N–H and O–H groups in total. The maximum absolute atomic E-state index is 5.10. The zero-order valence-electron chi connectivity index (χ0n) is 14.3. The lowest BCUT2D eigenvalue weighted by Crippen LogP contribution is -2.35. The topological polar surface area (TPSA) is 39.1 Å². The Hall–Kier alpha value is -0.390. The van der Waals surface area contributed by atoms with E-state index in [1.165, 1.54) is 5.69 Å². The van der Waals surface area contributed by atoms with Crippen LogP contribution in [0, 0.1) is 18.3 Å². The van der Waals surface area contributed by atoms with Gasteiger partial charge in [0.25, 0.3) is 0 Å². The van der Waals surface area contributed by atoms with Gasteiger partial charge in [0, 0.05) is 20.2 Å². The maximum atomic E-state index is 5.10. The summed E-state index contributed by atoms with van der Waals surface area (Å²) in [5.74, 6) is 0.548. The Bertz CT molecular complexity index is 437. The predicted molar refractivity (Wildman–Crippen MR) is 91.7 cm³/mol. The van der Waals surface area contributed by atoms with Crippen molar-refractivity contribution >= 4 is 15.9 Å². The van der Waals surface area contributed by atoms with Gasteiger partial charge in [0.05, 0.1) is 22.5 Å². The largest absolute Gasteiger partial charge is 0.383 e. The molecule has 1 heterocycles. The molecule has 1 unspecified atom stereocenters. The summed E-state index contributed by atoms with van der Waals surface area (Å²) in [5.41, 5.74) is 2.63. The van der Waals surface area contributed by atoms with Gasteiger partial charge in [0.1, 0.15) is 0 Å². The predicted octanol–water partition coefficient (Wildman–Crippen LogP) is 3.41. The zero-order valence-corrected chi connectivity index (χ0v) is 15.9. The van der Waals surface area contributed by atoms with Gasteiger partial charge in [-0.3, -0.25) is 4.68 Å². The van der Waals surface area contributed by atoms with E-state index in [-0.39, 0.29) is 5.41 Å². The third kappa shape index (κ3) is 5.38. The lowest BCUT2D eigenvalue weighted by atomic mass is 9.78. The molecule has 0 amide bonds. The van der Waals surface area contributed by atoms with E-state index in [2.05, 4.69) is 65.6 Å². The fourth-order valence-corrected chi connectivity index (χ4v) is 2.88. The van der Waals surface area contributed by atoms with Crippen LogP contribution in [0.25, 0.3) is 0 Å². The van der Waals surface area contributed by atoms with Crippen LogP contribution in [0.2, 0.25) is 0 Å². The summed E-state index contributed by atoms with van der Waals surface area (Å²) in [6.07, 6.45) is 1.03. The van der Waals surface area contributed by atoms with Crippen molar-refractivity contribution in [2.45, 2.75) is 47.6 Å². The van der Waals surface area contributed by atoms with Gasteiger partial charge in [-0.15, -0.1) is 0 Å². The first-order valence-corrected chi connectivity index (χ1v) is 8.52. The molecule has 21 heavy (non-hydrogen) atoms. The molecule has 0 aliphatic carbocycles. The van der Waals surface area contributed by atoms with E-state index in [1.807, 2.05) is 0 Å². The molecule has 0 saturated heterocycles. The number of hydrogen-bond acceptors (Lipinski definition) is 3. The maximum Gasteiger partial charge on any atom is 0.0738 e. The van der Waals surface area contributed by atoms with Crippen LogP contribution < -0.4 is 5.32 Å². The molecule has 0 spiro atoms. The molecule has 0 saturated carbocycles. The monoisotopic (exact) mass is 359 g/mol. The molecule has 0 aromatic carbocycles. The summed E-state index contributed by atoms with van der Waals surface area (Å²) >= 11 is 3.71. The highest BCUT2D eigenvalue weighted by Gasteiger charge is 2.27. The minimum atomic E-state index is 0.246. The first-order valence-electron chi connectivity index (χ1n) is 7.72. The summed E-state index contributed by atoms with van der Waals surface area (Å²) in [6, 6.07) is 0. The molecule has 4 nitrogen and oxygen atoms in total. The smallest absolute Gasteiger partial charge is 0.0738 e. The summed E-state index contributed by atoms with van der Waals surface area (Å²) in [6.45, 7) is 14.7. The van der Waals surface area contributed by atoms with Crippen molar-refractivity contribution in [1.29, 1.82) is 0 Å². The second kappa shape index (κ2) is 8.30. The van der Waals surface area contributed by atoms with Gasteiger partial charge in [-0.05, 0) is 54.1 Å². The van der Waals surface area contributed by atoms with Crippen molar-refractivity contribution in [1.82, 2.24) is 15.1 Å². The molecule has 122 valence electrons. The molecule has 0 aliphatic rings. The molecular formula is C16H30BrN3O. The van der Waals surface area contributed by atoms with Crippen LogP contribution in [0.5, 0.6) is 0 Å². The molecule has 0 aliphatic heterocycles. The van der Waals surface area contributed by atoms with Crippen molar-refractivity contribution in [3.8, 4) is 0 Å². The number of halogens is 1. The Balaban J connectivity index is 2.82. The molecule has 5 heteroatoms. The van der Waals surface area contributed by atoms with Gasteiger partial charge >= 0.3 is 0 Å². The van der Waals surface area contributed by atoms with Crippen LogP contribution in [-0.2, 0) is 17.7 Å². The standard InChI is InChI=1S/C16H30BrN3O/c1-7-20-14(15(17)12(2)19-20)10-13(16(3,4)5)11-18-8-9-21-6/h13,18H,7-11H2,1-6H3. The van der Waals surface area contributed by atoms with Crippen LogP contribution in [0.15, 0.2) is 4.47 Å². The fraction of sp³-hybridized carbons (Fsp3) is 0.812. The van der Waals surface area contributed by atoms with Gasteiger partial charge < -0.3 is 10.1 Å². The summed E-state index contributed by atoms with van der Waals surface area (Å²) < 4.78 is 8.38. The SMILES string of the molecule is CCn1nc(C)c(Br)c1CC(CNCCOC)C(C)(C)C. The van der Waals surface area contributed by atoms with Crippen molar-refractivity contribution in [2.75, 3.05) is 26.8 Å². The number of nitrogens with zero attached hydrogens (tertiary/aromatic N) is 2. The highest BCUT2D eigenvalue weighted by molar-refractivity contribution is 9.10. The average Bonchev–Trinajstić information content (AvgIpc) is 2.68. The minimum Gasteiger partial charge on any atom is -0.383 e. The van der Waals surface area contributed by atoms with Crippen LogP contribution in [-0.4, -0.2) is 36.6 Å². The van der Waals surface area contributed by atoms with E-state index in [9.17, 15) is 0 Å². The Labute approximate surface area is 137 Å². The summed E-state index contributed by atoms with van der Waals surface area (Å²) in [7, 11) is 1.74. The highest BCUT2D eigenvalue weighted by Crippen LogP contribution is 2.32. The molecule has 0 fully saturated rings. The number of methoxy groups -OCH3 is 1. The average molecular weight is 360 g/mol. The van der Waals surface area contributed by atoms with Gasteiger partial charge in [-0.2, -0.15) is 5.10 Å². The van der Waals surface area contributed by atoms with E-state index >= 15 is 0 Å². The van der Waals surface area contributed by atoms with Crippen LogP contribution in [0.1, 0.15) is 39.1 Å². The Kier molecular flexibility index (Phi) is 7.37. The zero-order chi connectivity index (χ0) is 16.0. The third-order valence-electron chi connectivity index (χ3n) is 3.99. The molecule has 0 radical (unpaired) electrons. The fourth-order valence-electron chi connectivity index (χ4n) is 2.43. The Morgan fingerprint density at radius 1 is 1.38 bits per heavy atom. The van der Waals surface area contributed by atoms with Gasteiger partial charge in [-0.1, -0.05) is 20.8 Å². The number of ether oxygens (including phenoxy) is 1. The van der Waals surface area contributed by atoms with Crippen LogP contribution in [0.4, 0.5) is 0 Å². The molecular weight excluding hydrogens is 330 g/mol. The third-order valence-corrected chi connectivity index (χ3v) is 5.02. The number of nitrogens with one attached hydrogen (secondary N) is 1. The molecule has 0 bridgehead atoms. The molecule has 1 aromatic rings. The second-order valence-corrected chi connectivity index (χ2v) is 7.42. The Morgan fingerprint density at radius 3 is 2.57 bits per heavy atom. The molecule has 1 rings (SSSR count). The van der Waals surface area contributed by atoms with E-state index in [1.54, 1.807) is 7.11 Å². The lowest BCUT2D eigenvalue weighted by molar-refractivity contribution is 0.185. The summed E-state index contributed by atoms with van der Waals surface area (Å²) in [4.78, 5) is 0. The lowest BCUT2D eigenvalue weighted by Gasteiger charge is -2.31. The Morgan fingerprint density at radius 2 is 2.05 bits per heavy atom. The van der Waals surface area contributed by atoms with Crippen molar-refractivity contribution in [3.05, 3.63) is 15.9 Å². The normalized spacial score (nSPS) is 13.7. The first kappa shape index (κ1) is 18.7. The number of rotatable bonds is 8. The van der Waals surface area contributed by atoms with E-state index in [0.29, 0.717) is 5.92 Å². The van der Waals surface area contributed by atoms with Gasteiger partial charge in [0.2, 0.25) is 0 Å². The van der Waals surface area contributed by atoms with Gasteiger partial charge in [-0.25, -0.2) is 0 Å². The quantitative estimate of drug-likeness (QED) is 0.722. The van der Waals surface area contributed by atoms with Crippen molar-refractivity contribution in [2.24, 2.45) is 11.3 Å². The number of aryl methyl sites for hydroxylation is 2. The van der Waals surface area contributed by atoms with Crippen LogP contribution >= 0.6 is 15.9 Å².